The fourth-order valence-corrected chi connectivity index (χ4v) is 2.02. The Morgan fingerprint density at radius 1 is 0.962 bits per heavy atom. The number of hydrogen-bond donors (Lipinski definition) is 2. The van der Waals surface area contributed by atoms with Crippen LogP contribution in [-0.2, 0) is 17.9 Å². The van der Waals surface area contributed by atoms with Gasteiger partial charge in [-0.2, -0.15) is 4.80 Å². The zero-order chi connectivity index (χ0) is 18.2. The summed E-state index contributed by atoms with van der Waals surface area (Å²) in [6, 6.07) is 17.8. The minimum atomic E-state index is -0.484. The van der Waals surface area contributed by atoms with E-state index in [0.29, 0.717) is 17.1 Å². The first kappa shape index (κ1) is 17.1. The Labute approximate surface area is 148 Å². The summed E-state index contributed by atoms with van der Waals surface area (Å²) < 4.78 is 5.50. The molecule has 0 unspecified atom stereocenters. The van der Waals surface area contributed by atoms with Crippen molar-refractivity contribution >= 4 is 11.8 Å². The highest BCUT2D eigenvalue weighted by atomic mass is 16.5. The molecular formula is C17H16N6O3. The molecule has 132 valence electrons. The number of benzene rings is 2. The van der Waals surface area contributed by atoms with Crippen molar-refractivity contribution in [3.8, 4) is 5.75 Å². The molecular weight excluding hydrogens is 336 g/mol. The van der Waals surface area contributed by atoms with Gasteiger partial charge in [-0.1, -0.05) is 36.4 Å². The van der Waals surface area contributed by atoms with Gasteiger partial charge in [-0.25, -0.2) is 0 Å². The van der Waals surface area contributed by atoms with Crippen molar-refractivity contribution in [2.45, 2.75) is 13.2 Å². The number of hydrogen-bond acceptors (Lipinski definition) is 6. The predicted molar refractivity (Wildman–Crippen MR) is 90.6 cm³/mol. The van der Waals surface area contributed by atoms with Gasteiger partial charge in [-0.15, -0.1) is 10.2 Å². The van der Waals surface area contributed by atoms with Crippen LogP contribution < -0.4 is 15.6 Å². The molecule has 26 heavy (non-hydrogen) atoms. The second-order valence-corrected chi connectivity index (χ2v) is 5.21. The molecule has 9 nitrogen and oxygen atoms in total. The standard InChI is InChI=1S/C17H16N6O3/c24-16(19-20-17(25)13-7-3-1-4-8-13)11-23-21-15(18-22-23)12-26-14-9-5-2-6-10-14/h1-10H,11-12H2,(H,19,24)(H,20,25). The Morgan fingerprint density at radius 3 is 2.38 bits per heavy atom. The fourth-order valence-electron chi connectivity index (χ4n) is 2.02. The summed E-state index contributed by atoms with van der Waals surface area (Å²) >= 11 is 0. The third-order valence-corrected chi connectivity index (χ3v) is 3.24. The van der Waals surface area contributed by atoms with E-state index in [1.165, 1.54) is 0 Å². The smallest absolute Gasteiger partial charge is 0.269 e. The van der Waals surface area contributed by atoms with Crippen molar-refractivity contribution in [1.29, 1.82) is 0 Å². The molecule has 0 aliphatic rings. The van der Waals surface area contributed by atoms with Crippen molar-refractivity contribution in [2.75, 3.05) is 0 Å². The van der Waals surface area contributed by atoms with Crippen LogP contribution in [0, 0.1) is 0 Å². The van der Waals surface area contributed by atoms with Gasteiger partial charge in [-0.3, -0.25) is 20.4 Å². The molecule has 2 amide bonds. The van der Waals surface area contributed by atoms with Crippen LogP contribution in [0.2, 0.25) is 0 Å². The van der Waals surface area contributed by atoms with E-state index in [2.05, 4.69) is 26.3 Å². The number of amides is 2. The largest absolute Gasteiger partial charge is 0.485 e. The lowest BCUT2D eigenvalue weighted by molar-refractivity contribution is -0.122. The number of hydrazine groups is 1. The summed E-state index contributed by atoms with van der Waals surface area (Å²) in [7, 11) is 0. The third-order valence-electron chi connectivity index (χ3n) is 3.24. The van der Waals surface area contributed by atoms with Gasteiger partial charge in [0.15, 0.2) is 6.61 Å². The van der Waals surface area contributed by atoms with Gasteiger partial charge in [0, 0.05) is 5.56 Å². The van der Waals surface area contributed by atoms with E-state index in [1.807, 2.05) is 30.3 Å². The molecule has 3 aromatic rings. The van der Waals surface area contributed by atoms with Crippen LogP contribution in [0.1, 0.15) is 16.2 Å². The first-order chi connectivity index (χ1) is 12.7. The van der Waals surface area contributed by atoms with Gasteiger partial charge < -0.3 is 4.74 Å². The fraction of sp³-hybridized carbons (Fsp3) is 0.118. The SMILES string of the molecule is O=C(Cn1nnc(COc2ccccc2)n1)NNC(=O)c1ccccc1. The van der Waals surface area contributed by atoms with Gasteiger partial charge in [0.2, 0.25) is 5.82 Å². The summed E-state index contributed by atoms with van der Waals surface area (Å²) in [6.45, 7) is -0.0518. The lowest BCUT2D eigenvalue weighted by Gasteiger charge is -2.06. The molecule has 0 saturated carbocycles. The minimum absolute atomic E-state index is 0.135. The summed E-state index contributed by atoms with van der Waals surface area (Å²) in [4.78, 5) is 24.8. The Hall–Kier alpha value is -3.75. The van der Waals surface area contributed by atoms with Gasteiger partial charge in [0.05, 0.1) is 0 Å². The van der Waals surface area contributed by atoms with Crippen LogP contribution in [0.25, 0.3) is 0 Å². The van der Waals surface area contributed by atoms with Crippen LogP contribution in [0.3, 0.4) is 0 Å². The first-order valence-electron chi connectivity index (χ1n) is 7.79. The van der Waals surface area contributed by atoms with E-state index in [0.717, 1.165) is 4.80 Å². The molecule has 2 aromatic carbocycles. The summed E-state index contributed by atoms with van der Waals surface area (Å²) in [5.41, 5.74) is 5.06. The quantitative estimate of drug-likeness (QED) is 0.632. The summed E-state index contributed by atoms with van der Waals surface area (Å²) in [6.07, 6.45) is 0. The van der Waals surface area contributed by atoms with Gasteiger partial charge in [0.1, 0.15) is 12.3 Å². The van der Waals surface area contributed by atoms with Crippen LogP contribution in [-0.4, -0.2) is 32.0 Å². The normalized spacial score (nSPS) is 10.2. The molecule has 0 radical (unpaired) electrons. The average Bonchev–Trinajstić information content (AvgIpc) is 3.13. The van der Waals surface area contributed by atoms with Crippen molar-refractivity contribution in [1.82, 2.24) is 31.1 Å². The first-order valence-corrected chi connectivity index (χ1v) is 7.79. The highest BCUT2D eigenvalue weighted by molar-refractivity contribution is 5.95. The number of ether oxygens (including phenoxy) is 1. The molecule has 0 saturated heterocycles. The van der Waals surface area contributed by atoms with E-state index in [4.69, 9.17) is 4.74 Å². The molecule has 2 N–H and O–H groups in total. The summed E-state index contributed by atoms with van der Waals surface area (Å²) in [5.74, 6) is 0.129. The zero-order valence-electron chi connectivity index (χ0n) is 13.7. The highest BCUT2D eigenvalue weighted by Gasteiger charge is 2.10. The molecule has 0 bridgehead atoms. The Kier molecular flexibility index (Phi) is 5.51. The molecule has 0 fully saturated rings. The van der Waals surface area contributed by atoms with E-state index in [9.17, 15) is 9.59 Å². The number of aromatic nitrogens is 4. The van der Waals surface area contributed by atoms with Crippen LogP contribution >= 0.6 is 0 Å². The lowest BCUT2D eigenvalue weighted by atomic mass is 10.2. The van der Waals surface area contributed by atoms with Gasteiger partial charge in [0.25, 0.3) is 11.8 Å². The Bertz CT molecular complexity index is 866. The third kappa shape index (κ3) is 4.87. The maximum absolute atomic E-state index is 11.9. The van der Waals surface area contributed by atoms with E-state index < -0.39 is 11.8 Å². The predicted octanol–water partition coefficient (Wildman–Crippen LogP) is 0.713. The van der Waals surface area contributed by atoms with Crippen molar-refractivity contribution < 1.29 is 14.3 Å². The average molecular weight is 352 g/mol. The molecule has 0 spiro atoms. The van der Waals surface area contributed by atoms with Crippen molar-refractivity contribution in [3.63, 3.8) is 0 Å². The topological polar surface area (TPSA) is 111 Å². The van der Waals surface area contributed by atoms with Gasteiger partial charge in [-0.05, 0) is 29.5 Å². The monoisotopic (exact) mass is 352 g/mol. The molecule has 0 atom stereocenters. The summed E-state index contributed by atoms with van der Waals surface area (Å²) in [5, 5.41) is 11.6. The number of rotatable bonds is 6. The molecule has 1 aromatic heterocycles. The maximum Gasteiger partial charge on any atom is 0.269 e. The van der Waals surface area contributed by atoms with Crippen LogP contribution in [0.4, 0.5) is 0 Å². The Balaban J connectivity index is 1.44. The van der Waals surface area contributed by atoms with Crippen LogP contribution in [0.5, 0.6) is 5.75 Å². The maximum atomic E-state index is 11.9. The molecule has 3 rings (SSSR count). The van der Waals surface area contributed by atoms with Crippen LogP contribution in [0.15, 0.2) is 60.7 Å². The molecule has 0 aliphatic carbocycles. The van der Waals surface area contributed by atoms with Crippen molar-refractivity contribution in [2.24, 2.45) is 0 Å². The number of tetrazole rings is 1. The number of nitrogens with zero attached hydrogens (tertiary/aromatic N) is 4. The van der Waals surface area contributed by atoms with E-state index >= 15 is 0 Å². The van der Waals surface area contributed by atoms with Crippen molar-refractivity contribution in [3.05, 3.63) is 72.1 Å². The van der Waals surface area contributed by atoms with E-state index in [1.54, 1.807) is 30.3 Å². The number of carbonyl (C=O) groups is 2. The Morgan fingerprint density at radius 2 is 1.65 bits per heavy atom. The minimum Gasteiger partial charge on any atom is -0.485 e. The second-order valence-electron chi connectivity index (χ2n) is 5.21. The number of nitrogens with one attached hydrogen (secondary N) is 2. The number of carbonyl (C=O) groups excluding carboxylic acids is 2. The van der Waals surface area contributed by atoms with E-state index in [-0.39, 0.29) is 13.2 Å². The number of para-hydroxylation sites is 1. The second kappa shape index (κ2) is 8.38. The molecule has 0 aliphatic heterocycles. The highest BCUT2D eigenvalue weighted by Crippen LogP contribution is 2.09. The lowest BCUT2D eigenvalue weighted by Crippen LogP contribution is -2.43. The van der Waals surface area contributed by atoms with Gasteiger partial charge >= 0.3 is 0 Å². The molecule has 9 heteroatoms. The zero-order valence-corrected chi connectivity index (χ0v) is 13.7. The molecule has 1 heterocycles.